The van der Waals surface area contributed by atoms with Gasteiger partial charge in [-0.25, -0.2) is 4.98 Å². The van der Waals surface area contributed by atoms with Gasteiger partial charge < -0.3 is 26.5 Å². The van der Waals surface area contributed by atoms with Crippen molar-refractivity contribution in [3.8, 4) is 28.4 Å². The Kier molecular flexibility index (Phi) is 12.4. The number of fused-ring (bicyclic) bond motifs is 3. The van der Waals surface area contributed by atoms with Gasteiger partial charge in [-0.3, -0.25) is 0 Å². The average molecular weight is 989 g/mol. The Morgan fingerprint density at radius 2 is 1.18 bits per heavy atom. The summed E-state index contributed by atoms with van der Waals surface area (Å²) in [7, 11) is 0. The van der Waals surface area contributed by atoms with Crippen LogP contribution in [0.3, 0.4) is 0 Å². The molecule has 0 saturated heterocycles. The largest absolute Gasteiger partial charge is 0.509 e. The molecule has 61 heavy (non-hydrogen) atoms. The molecule has 0 spiro atoms. The molecule has 0 atom stereocenters. The first-order chi connectivity index (χ1) is 27.7. The summed E-state index contributed by atoms with van der Waals surface area (Å²) in [6.45, 7) is 27.7. The third-order valence-electron chi connectivity index (χ3n) is 11.6. The second kappa shape index (κ2) is 16.6. The van der Waals surface area contributed by atoms with Crippen molar-refractivity contribution in [1.29, 1.82) is 0 Å². The molecule has 3 heterocycles. The quantitative estimate of drug-likeness (QED) is 0.156. The molecular formula is C55H61N4OPt-3. The van der Waals surface area contributed by atoms with Crippen LogP contribution < -0.4 is 14.5 Å². The predicted octanol–water partition coefficient (Wildman–Crippen LogP) is 14.6. The Balaban J connectivity index is 0.00000311. The first kappa shape index (κ1) is 45.4. The predicted molar refractivity (Wildman–Crippen MR) is 255 cm³/mol. The summed E-state index contributed by atoms with van der Waals surface area (Å²) in [5, 5.41) is 2.26. The smallest absolute Gasteiger partial charge is 0.135 e. The Morgan fingerprint density at radius 3 is 1.85 bits per heavy atom. The molecule has 1 aliphatic heterocycles. The van der Waals surface area contributed by atoms with E-state index in [2.05, 4.69) is 219 Å². The van der Waals surface area contributed by atoms with Crippen molar-refractivity contribution in [2.24, 2.45) is 0 Å². The van der Waals surface area contributed by atoms with Crippen molar-refractivity contribution in [3.63, 3.8) is 0 Å². The van der Waals surface area contributed by atoms with Crippen LogP contribution in [0.5, 0.6) is 11.5 Å². The first-order valence-electron chi connectivity index (χ1n) is 20.9. The van der Waals surface area contributed by atoms with E-state index in [1.165, 1.54) is 33.4 Å². The van der Waals surface area contributed by atoms with Crippen molar-refractivity contribution in [2.45, 2.75) is 105 Å². The van der Waals surface area contributed by atoms with Crippen LogP contribution >= 0.6 is 0 Å². The number of rotatable bonds is 6. The molecule has 320 valence electrons. The number of ether oxygens (including phenoxy) is 1. The van der Waals surface area contributed by atoms with Crippen LogP contribution in [0, 0.1) is 19.6 Å². The summed E-state index contributed by atoms with van der Waals surface area (Å²) in [5.74, 6) is 2.15. The van der Waals surface area contributed by atoms with Crippen molar-refractivity contribution < 1.29 is 25.8 Å². The van der Waals surface area contributed by atoms with Crippen LogP contribution in [0.1, 0.15) is 105 Å². The molecule has 0 fully saturated rings. The normalized spacial score (nSPS) is 13.4. The first-order valence-corrected chi connectivity index (χ1v) is 20.9. The zero-order valence-corrected chi connectivity index (χ0v) is 40.5. The minimum Gasteiger partial charge on any atom is -0.509 e. The van der Waals surface area contributed by atoms with Crippen LogP contribution in [0.2, 0.25) is 0 Å². The number of anilines is 2. The molecule has 5 aromatic carbocycles. The van der Waals surface area contributed by atoms with Crippen LogP contribution in [0.15, 0.2) is 122 Å². The van der Waals surface area contributed by atoms with Gasteiger partial charge >= 0.3 is 0 Å². The SMILES string of the molecule is CC(C)(C)c1ccc(-c2cc(N3C=CN(c4[c-]c(Oc5[c-]c6c(cc5)c5ccccc5n6-c5cc(C(C)(C)C)ccn5)cc(C(C)(C)C)c4)C3)cc(C(C)(C)C)c2)cc1.[CH3-].[Pt]. The Bertz CT molecular complexity index is 2710. The van der Waals surface area contributed by atoms with Gasteiger partial charge in [0.05, 0.1) is 6.67 Å². The van der Waals surface area contributed by atoms with Crippen molar-refractivity contribution >= 4 is 33.2 Å². The molecule has 0 N–H and O–H groups in total. The maximum atomic E-state index is 6.74. The van der Waals surface area contributed by atoms with Crippen LogP contribution in [0.25, 0.3) is 38.8 Å². The van der Waals surface area contributed by atoms with Gasteiger partial charge in [0.25, 0.3) is 0 Å². The van der Waals surface area contributed by atoms with Gasteiger partial charge in [0, 0.05) is 62.4 Å². The van der Waals surface area contributed by atoms with E-state index in [9.17, 15) is 0 Å². The fourth-order valence-corrected chi connectivity index (χ4v) is 7.75. The second-order valence-electron chi connectivity index (χ2n) is 20.3. The summed E-state index contributed by atoms with van der Waals surface area (Å²) in [6, 6.07) is 44.7. The standard InChI is InChI=1S/C54H58N4O.CH3.Pt/c1-51(2,3)38-19-17-36(18-20-38)37-27-40(53(7,8)9)29-42(28-37)56-25-26-57(35-56)43-30-41(54(10,11)12)31-45(33-43)59-44-21-22-47-46-15-13-14-16-48(46)58(49(47)34-44)50-32-39(23-24-55-50)52(4,5)6;;/h13-32H,35H2,1-12H3;1H3;/q-2;-1;. The molecule has 0 bridgehead atoms. The van der Waals surface area contributed by atoms with E-state index in [0.717, 1.165) is 39.0 Å². The van der Waals surface area contributed by atoms with E-state index in [0.29, 0.717) is 18.2 Å². The van der Waals surface area contributed by atoms with Gasteiger partial charge in [0.1, 0.15) is 5.82 Å². The maximum Gasteiger partial charge on any atom is 0.135 e. The van der Waals surface area contributed by atoms with Gasteiger partial charge in [0.2, 0.25) is 0 Å². The van der Waals surface area contributed by atoms with E-state index >= 15 is 0 Å². The third kappa shape index (κ3) is 9.38. The van der Waals surface area contributed by atoms with Crippen molar-refractivity contribution in [1.82, 2.24) is 9.55 Å². The molecule has 6 heteroatoms. The molecule has 0 unspecified atom stereocenters. The Morgan fingerprint density at radius 1 is 0.541 bits per heavy atom. The molecule has 0 radical (unpaired) electrons. The summed E-state index contributed by atoms with van der Waals surface area (Å²) in [4.78, 5) is 9.43. The fraction of sp³-hybridized carbons (Fsp3) is 0.309. The van der Waals surface area contributed by atoms with E-state index in [1.54, 1.807) is 0 Å². The number of hydrogen-bond donors (Lipinski definition) is 0. The minimum absolute atomic E-state index is 0. The number of para-hydroxylation sites is 1. The molecule has 7 aromatic rings. The van der Waals surface area contributed by atoms with Gasteiger partial charge in [-0.15, -0.1) is 41.3 Å². The minimum atomic E-state index is -0.118. The number of pyridine rings is 1. The van der Waals surface area contributed by atoms with Crippen LogP contribution in [-0.2, 0) is 42.7 Å². The van der Waals surface area contributed by atoms with Crippen molar-refractivity contribution in [3.05, 3.63) is 164 Å². The van der Waals surface area contributed by atoms with Crippen LogP contribution in [-0.4, -0.2) is 16.2 Å². The summed E-state index contributed by atoms with van der Waals surface area (Å²) in [6.07, 6.45) is 6.24. The summed E-state index contributed by atoms with van der Waals surface area (Å²) >= 11 is 0. The average Bonchev–Trinajstić information content (AvgIpc) is 3.80. The topological polar surface area (TPSA) is 33.5 Å². The molecule has 0 saturated carbocycles. The Hall–Kier alpha value is -5.12. The van der Waals surface area contributed by atoms with Gasteiger partial charge in [-0.1, -0.05) is 143 Å². The van der Waals surface area contributed by atoms with Gasteiger partial charge in [-0.05, 0) is 85.2 Å². The second-order valence-corrected chi connectivity index (χ2v) is 20.3. The van der Waals surface area contributed by atoms with Gasteiger partial charge in [-0.2, -0.15) is 6.07 Å². The molecule has 2 aromatic heterocycles. The Labute approximate surface area is 379 Å². The number of hydrogen-bond acceptors (Lipinski definition) is 4. The molecule has 0 amide bonds. The third-order valence-corrected chi connectivity index (χ3v) is 11.6. The number of aromatic nitrogens is 2. The molecule has 5 nitrogen and oxygen atoms in total. The van der Waals surface area contributed by atoms with Crippen LogP contribution in [0.4, 0.5) is 11.4 Å². The number of nitrogens with zero attached hydrogens (tertiary/aromatic N) is 4. The van der Waals surface area contributed by atoms with E-state index < -0.39 is 0 Å². The maximum absolute atomic E-state index is 6.74. The molecule has 8 rings (SSSR count). The van der Waals surface area contributed by atoms with Crippen molar-refractivity contribution in [2.75, 3.05) is 16.5 Å². The molecule has 1 aliphatic rings. The fourth-order valence-electron chi connectivity index (χ4n) is 7.75. The van der Waals surface area contributed by atoms with E-state index in [1.807, 2.05) is 12.3 Å². The zero-order chi connectivity index (χ0) is 42.1. The van der Waals surface area contributed by atoms with Gasteiger partial charge in [0.15, 0.2) is 0 Å². The summed E-state index contributed by atoms with van der Waals surface area (Å²) in [5.41, 5.74) is 11.6. The molecule has 0 aliphatic carbocycles. The van der Waals surface area contributed by atoms with E-state index in [-0.39, 0.29) is 50.2 Å². The van der Waals surface area contributed by atoms with E-state index in [4.69, 9.17) is 9.72 Å². The zero-order valence-electron chi connectivity index (χ0n) is 38.3. The monoisotopic (exact) mass is 988 g/mol. The molecular weight excluding hydrogens is 928 g/mol. The summed E-state index contributed by atoms with van der Waals surface area (Å²) < 4.78 is 8.94. The number of benzene rings is 5.